The highest BCUT2D eigenvalue weighted by atomic mass is 16.5. The van der Waals surface area contributed by atoms with E-state index in [4.69, 9.17) is 4.74 Å². The van der Waals surface area contributed by atoms with Crippen molar-refractivity contribution in [2.75, 3.05) is 32.8 Å². The van der Waals surface area contributed by atoms with Crippen molar-refractivity contribution >= 4 is 11.8 Å². The van der Waals surface area contributed by atoms with Gasteiger partial charge in [0.25, 0.3) is 5.91 Å². The van der Waals surface area contributed by atoms with Crippen molar-refractivity contribution in [3.63, 3.8) is 0 Å². The van der Waals surface area contributed by atoms with E-state index in [1.165, 1.54) is 0 Å². The number of aryl methyl sites for hydroxylation is 1. The molecule has 2 fully saturated rings. The molecule has 126 valence electrons. The minimum atomic E-state index is -0.0909. The van der Waals surface area contributed by atoms with E-state index in [0.29, 0.717) is 12.1 Å². The molecule has 3 heterocycles. The lowest BCUT2D eigenvalue weighted by Gasteiger charge is -2.27. The van der Waals surface area contributed by atoms with Crippen molar-refractivity contribution in [3.05, 3.63) is 23.5 Å². The van der Waals surface area contributed by atoms with Crippen LogP contribution in [0, 0.1) is 6.92 Å². The van der Waals surface area contributed by atoms with Crippen LogP contribution in [0.1, 0.15) is 41.7 Å². The number of aromatic amines is 1. The lowest BCUT2D eigenvalue weighted by atomic mass is 10.2. The number of hydrogen-bond acceptors (Lipinski definition) is 3. The van der Waals surface area contributed by atoms with Crippen molar-refractivity contribution < 1.29 is 14.3 Å². The Morgan fingerprint density at radius 2 is 2.13 bits per heavy atom. The molecule has 2 aliphatic rings. The second-order valence-electron chi connectivity index (χ2n) is 6.42. The zero-order chi connectivity index (χ0) is 16.2. The fraction of sp³-hybridized carbons (Fsp3) is 0.647. The van der Waals surface area contributed by atoms with Gasteiger partial charge in [0, 0.05) is 38.1 Å². The fourth-order valence-corrected chi connectivity index (χ4v) is 3.34. The summed E-state index contributed by atoms with van der Waals surface area (Å²) in [7, 11) is 0. The summed E-state index contributed by atoms with van der Waals surface area (Å²) >= 11 is 0. The van der Waals surface area contributed by atoms with Gasteiger partial charge in [0.15, 0.2) is 0 Å². The van der Waals surface area contributed by atoms with Gasteiger partial charge in [-0.25, -0.2) is 0 Å². The zero-order valence-electron chi connectivity index (χ0n) is 13.7. The molecule has 6 heteroatoms. The lowest BCUT2D eigenvalue weighted by Crippen LogP contribution is -2.45. The van der Waals surface area contributed by atoms with Crippen molar-refractivity contribution in [1.82, 2.24) is 14.8 Å². The number of carbonyl (C=O) groups excluding carboxylic acids is 2. The first-order valence-corrected chi connectivity index (χ1v) is 8.48. The van der Waals surface area contributed by atoms with Crippen LogP contribution >= 0.6 is 0 Å². The van der Waals surface area contributed by atoms with Crippen LogP contribution in [0.5, 0.6) is 0 Å². The second-order valence-corrected chi connectivity index (χ2v) is 6.42. The first kappa shape index (κ1) is 16.1. The van der Waals surface area contributed by atoms with E-state index in [1.807, 2.05) is 11.8 Å². The molecule has 1 aromatic heterocycles. The van der Waals surface area contributed by atoms with E-state index in [0.717, 1.165) is 51.1 Å². The molecule has 0 spiro atoms. The SMILES string of the molecule is Cc1[nH]ccc1C(=O)N(CC(=O)N1CCCC1)CC1CCCO1. The summed E-state index contributed by atoms with van der Waals surface area (Å²) in [4.78, 5) is 31.9. The summed E-state index contributed by atoms with van der Waals surface area (Å²) in [5, 5.41) is 0. The van der Waals surface area contributed by atoms with Crippen LogP contribution in [-0.2, 0) is 9.53 Å². The normalized spacial score (nSPS) is 20.9. The third-order valence-electron chi connectivity index (χ3n) is 4.70. The van der Waals surface area contributed by atoms with Gasteiger partial charge < -0.3 is 19.5 Å². The van der Waals surface area contributed by atoms with Crippen molar-refractivity contribution in [1.29, 1.82) is 0 Å². The minimum absolute atomic E-state index is 0.0436. The van der Waals surface area contributed by atoms with Crippen LogP contribution in [0.2, 0.25) is 0 Å². The Kier molecular flexibility index (Phi) is 5.00. The highest BCUT2D eigenvalue weighted by Crippen LogP contribution is 2.17. The van der Waals surface area contributed by atoms with Gasteiger partial charge in [-0.15, -0.1) is 0 Å². The average molecular weight is 319 g/mol. The molecule has 2 saturated heterocycles. The number of hydrogen-bond donors (Lipinski definition) is 1. The topological polar surface area (TPSA) is 65.6 Å². The van der Waals surface area contributed by atoms with Gasteiger partial charge >= 0.3 is 0 Å². The highest BCUT2D eigenvalue weighted by Gasteiger charge is 2.28. The molecule has 6 nitrogen and oxygen atoms in total. The number of aromatic nitrogens is 1. The number of carbonyl (C=O) groups is 2. The number of amides is 2. The van der Waals surface area contributed by atoms with Gasteiger partial charge in [-0.05, 0) is 38.7 Å². The molecule has 1 N–H and O–H groups in total. The van der Waals surface area contributed by atoms with Crippen LogP contribution in [0.15, 0.2) is 12.3 Å². The zero-order valence-corrected chi connectivity index (χ0v) is 13.7. The highest BCUT2D eigenvalue weighted by molar-refractivity contribution is 5.97. The van der Waals surface area contributed by atoms with Crippen molar-refractivity contribution in [2.24, 2.45) is 0 Å². The number of nitrogens with one attached hydrogen (secondary N) is 1. The van der Waals surface area contributed by atoms with Crippen molar-refractivity contribution in [2.45, 2.75) is 38.7 Å². The van der Waals surface area contributed by atoms with E-state index in [1.54, 1.807) is 17.2 Å². The molecular weight excluding hydrogens is 294 g/mol. The predicted molar refractivity (Wildman–Crippen MR) is 86.2 cm³/mol. The third kappa shape index (κ3) is 3.75. The summed E-state index contributed by atoms with van der Waals surface area (Å²) in [6.07, 6.45) is 5.90. The van der Waals surface area contributed by atoms with E-state index in [9.17, 15) is 9.59 Å². The molecule has 23 heavy (non-hydrogen) atoms. The third-order valence-corrected chi connectivity index (χ3v) is 4.70. The molecule has 1 unspecified atom stereocenters. The summed E-state index contributed by atoms with van der Waals surface area (Å²) in [6, 6.07) is 1.78. The first-order chi connectivity index (χ1) is 11.1. The lowest BCUT2D eigenvalue weighted by molar-refractivity contribution is -0.131. The largest absolute Gasteiger partial charge is 0.376 e. The quantitative estimate of drug-likeness (QED) is 0.896. The van der Waals surface area contributed by atoms with E-state index >= 15 is 0 Å². The molecule has 2 aliphatic heterocycles. The minimum Gasteiger partial charge on any atom is -0.376 e. The summed E-state index contributed by atoms with van der Waals surface area (Å²) in [5.74, 6) is -0.0474. The monoisotopic (exact) mass is 319 g/mol. The summed E-state index contributed by atoms with van der Waals surface area (Å²) in [6.45, 7) is 4.87. The summed E-state index contributed by atoms with van der Waals surface area (Å²) in [5.41, 5.74) is 1.47. The Labute approximate surface area is 136 Å². The molecule has 0 radical (unpaired) electrons. The van der Waals surface area contributed by atoms with Crippen molar-refractivity contribution in [3.8, 4) is 0 Å². The maximum absolute atomic E-state index is 12.8. The van der Waals surface area contributed by atoms with Gasteiger partial charge in [-0.2, -0.15) is 0 Å². The van der Waals surface area contributed by atoms with Crippen LogP contribution in [0.25, 0.3) is 0 Å². The van der Waals surface area contributed by atoms with Crippen LogP contribution in [0.4, 0.5) is 0 Å². The molecular formula is C17H25N3O3. The van der Waals surface area contributed by atoms with Gasteiger partial charge in [-0.3, -0.25) is 9.59 Å². The molecule has 0 aliphatic carbocycles. The first-order valence-electron chi connectivity index (χ1n) is 8.48. The molecule has 1 atom stereocenters. The Balaban J connectivity index is 1.71. The van der Waals surface area contributed by atoms with Crippen LogP contribution in [-0.4, -0.2) is 65.5 Å². The van der Waals surface area contributed by atoms with E-state index < -0.39 is 0 Å². The smallest absolute Gasteiger partial charge is 0.256 e. The Bertz CT molecular complexity index is 557. The van der Waals surface area contributed by atoms with Crippen LogP contribution < -0.4 is 0 Å². The molecule has 0 saturated carbocycles. The van der Waals surface area contributed by atoms with E-state index in [-0.39, 0.29) is 24.5 Å². The molecule has 0 aromatic carbocycles. The number of likely N-dealkylation sites (tertiary alicyclic amines) is 1. The Morgan fingerprint density at radius 1 is 1.35 bits per heavy atom. The Hall–Kier alpha value is -1.82. The van der Waals surface area contributed by atoms with Gasteiger partial charge in [-0.1, -0.05) is 0 Å². The van der Waals surface area contributed by atoms with Gasteiger partial charge in [0.2, 0.25) is 5.91 Å². The molecule has 0 bridgehead atoms. The van der Waals surface area contributed by atoms with Gasteiger partial charge in [0.1, 0.15) is 6.54 Å². The fourth-order valence-electron chi connectivity index (χ4n) is 3.34. The number of rotatable bonds is 5. The molecule has 1 aromatic rings. The Morgan fingerprint density at radius 3 is 2.74 bits per heavy atom. The average Bonchev–Trinajstić information content (AvgIpc) is 3.28. The van der Waals surface area contributed by atoms with Gasteiger partial charge in [0.05, 0.1) is 11.7 Å². The maximum atomic E-state index is 12.8. The predicted octanol–water partition coefficient (Wildman–Crippen LogP) is 1.57. The molecule has 3 rings (SSSR count). The number of H-pyrrole nitrogens is 1. The summed E-state index contributed by atoms with van der Waals surface area (Å²) < 4.78 is 5.66. The standard InChI is InChI=1S/C17H25N3O3/c1-13-15(6-7-18-13)17(22)20(11-14-5-4-10-23-14)12-16(21)19-8-2-3-9-19/h6-7,14,18H,2-5,8-12H2,1H3. The second kappa shape index (κ2) is 7.17. The maximum Gasteiger partial charge on any atom is 0.256 e. The molecule has 2 amide bonds. The van der Waals surface area contributed by atoms with E-state index in [2.05, 4.69) is 4.98 Å². The number of nitrogens with zero attached hydrogens (tertiary/aromatic N) is 2. The number of ether oxygens (including phenoxy) is 1. The van der Waals surface area contributed by atoms with Crippen LogP contribution in [0.3, 0.4) is 0 Å².